The molecule has 0 radical (unpaired) electrons. The van der Waals surface area contributed by atoms with Crippen LogP contribution in [0.25, 0.3) is 0 Å². The number of hydrogen-bond donors (Lipinski definition) is 0. The quantitative estimate of drug-likeness (QED) is 0.577. The van der Waals surface area contributed by atoms with Crippen LogP contribution in [0.5, 0.6) is 0 Å². The molecule has 1 saturated carbocycles. The van der Waals surface area contributed by atoms with Gasteiger partial charge in [-0.15, -0.1) is 0 Å². The molecule has 0 N–H and O–H groups in total. The van der Waals surface area contributed by atoms with Crippen molar-refractivity contribution in [2.75, 3.05) is 0 Å². The highest BCUT2D eigenvalue weighted by atomic mass is 14.3. The summed E-state index contributed by atoms with van der Waals surface area (Å²) in [6.07, 6.45) is 10.3. The molecule has 1 unspecified atom stereocenters. The van der Waals surface area contributed by atoms with Crippen LogP contribution in [0, 0.1) is 11.8 Å². The third kappa shape index (κ3) is 4.69. The van der Waals surface area contributed by atoms with Crippen molar-refractivity contribution in [3.63, 3.8) is 0 Å². The lowest BCUT2D eigenvalue weighted by atomic mass is 9.76. The van der Waals surface area contributed by atoms with E-state index in [-0.39, 0.29) is 0 Å². The van der Waals surface area contributed by atoms with Crippen LogP contribution in [0.4, 0.5) is 0 Å². The molecule has 0 saturated heterocycles. The average molecular weight is 184 g/mol. The van der Waals surface area contributed by atoms with Gasteiger partial charge in [0.25, 0.3) is 0 Å². The smallest absolute Gasteiger partial charge is 0.0386 e. The zero-order valence-corrected chi connectivity index (χ0v) is 10.1. The van der Waals surface area contributed by atoms with Gasteiger partial charge in [-0.1, -0.05) is 72.6 Å². The van der Waals surface area contributed by atoms with Crippen LogP contribution in [-0.2, 0) is 0 Å². The van der Waals surface area contributed by atoms with Crippen molar-refractivity contribution in [2.24, 2.45) is 11.8 Å². The third-order valence-electron chi connectivity index (χ3n) is 3.25. The van der Waals surface area contributed by atoms with Crippen molar-refractivity contribution in [3.05, 3.63) is 0 Å². The van der Waals surface area contributed by atoms with Gasteiger partial charge in [0.15, 0.2) is 0 Å². The normalized spacial score (nSPS) is 27.7. The highest BCUT2D eigenvalue weighted by Gasteiger charge is 2.22. The van der Waals surface area contributed by atoms with Gasteiger partial charge in [0.05, 0.1) is 0 Å². The third-order valence-corrected chi connectivity index (χ3v) is 3.25. The molecule has 0 aromatic rings. The summed E-state index contributed by atoms with van der Waals surface area (Å²) >= 11 is 0. The van der Waals surface area contributed by atoms with E-state index in [0.717, 1.165) is 11.8 Å². The van der Waals surface area contributed by atoms with E-state index in [1.165, 1.54) is 44.9 Å². The van der Waals surface area contributed by atoms with Crippen LogP contribution < -0.4 is 0 Å². The Kier molecular flexibility index (Phi) is 8.59. The molecule has 0 nitrogen and oxygen atoms in total. The summed E-state index contributed by atoms with van der Waals surface area (Å²) in [6.45, 7) is 8.68. The standard InChI is InChI=1S/C11H22.C2H6/c1-3-7-11-9-6-5-8-10(11)4-2;1-2/h10-11H,3-9H2,1-2H3;1-2H3/t10?,11-;/m0./s1. The molecule has 0 aliphatic heterocycles. The van der Waals surface area contributed by atoms with E-state index in [9.17, 15) is 0 Å². The van der Waals surface area contributed by atoms with Gasteiger partial charge in [-0.2, -0.15) is 0 Å². The molecule has 0 heteroatoms. The lowest BCUT2D eigenvalue weighted by molar-refractivity contribution is 0.216. The lowest BCUT2D eigenvalue weighted by Crippen LogP contribution is -2.18. The first kappa shape index (κ1) is 13.0. The van der Waals surface area contributed by atoms with Crippen molar-refractivity contribution in [3.8, 4) is 0 Å². The molecule has 0 heterocycles. The second-order valence-electron chi connectivity index (χ2n) is 4.00. The van der Waals surface area contributed by atoms with E-state index in [4.69, 9.17) is 0 Å². The fourth-order valence-electron chi connectivity index (χ4n) is 2.57. The van der Waals surface area contributed by atoms with Crippen LogP contribution in [0.2, 0.25) is 0 Å². The molecule has 0 spiro atoms. The van der Waals surface area contributed by atoms with Crippen molar-refractivity contribution in [2.45, 2.75) is 72.6 Å². The SMILES string of the molecule is CC.CCC[C@H]1CCCCC1CC. The van der Waals surface area contributed by atoms with Gasteiger partial charge in [0, 0.05) is 0 Å². The Hall–Kier alpha value is 0. The molecule has 0 aromatic carbocycles. The van der Waals surface area contributed by atoms with Gasteiger partial charge < -0.3 is 0 Å². The fraction of sp³-hybridized carbons (Fsp3) is 1.00. The summed E-state index contributed by atoms with van der Waals surface area (Å²) in [5.41, 5.74) is 0. The van der Waals surface area contributed by atoms with E-state index in [1.54, 1.807) is 0 Å². The molecule has 0 bridgehead atoms. The van der Waals surface area contributed by atoms with E-state index in [2.05, 4.69) is 13.8 Å². The minimum absolute atomic E-state index is 1.07. The van der Waals surface area contributed by atoms with Gasteiger partial charge in [0.2, 0.25) is 0 Å². The molecule has 1 aliphatic carbocycles. The highest BCUT2D eigenvalue weighted by Crippen LogP contribution is 2.34. The second-order valence-corrected chi connectivity index (χ2v) is 4.00. The minimum atomic E-state index is 1.07. The Morgan fingerprint density at radius 1 is 0.923 bits per heavy atom. The Morgan fingerprint density at radius 3 is 1.92 bits per heavy atom. The maximum Gasteiger partial charge on any atom is -0.0386 e. The Balaban J connectivity index is 0.000000671. The molecular weight excluding hydrogens is 156 g/mol. The summed E-state index contributed by atoms with van der Waals surface area (Å²) < 4.78 is 0. The second kappa shape index (κ2) is 8.59. The van der Waals surface area contributed by atoms with Crippen LogP contribution >= 0.6 is 0 Å². The van der Waals surface area contributed by atoms with Crippen molar-refractivity contribution < 1.29 is 0 Å². The first-order chi connectivity index (χ1) is 6.38. The van der Waals surface area contributed by atoms with Gasteiger partial charge >= 0.3 is 0 Å². The molecule has 80 valence electrons. The predicted octanol–water partition coefficient (Wildman–Crippen LogP) is 5.03. The van der Waals surface area contributed by atoms with Crippen LogP contribution in [-0.4, -0.2) is 0 Å². The van der Waals surface area contributed by atoms with Gasteiger partial charge in [-0.25, -0.2) is 0 Å². The Labute approximate surface area is 85.1 Å². The molecular formula is C13H28. The van der Waals surface area contributed by atoms with E-state index in [1.807, 2.05) is 13.8 Å². The van der Waals surface area contributed by atoms with Crippen LogP contribution in [0.3, 0.4) is 0 Å². The molecule has 2 atom stereocenters. The summed E-state index contributed by atoms with van der Waals surface area (Å²) in [4.78, 5) is 0. The lowest BCUT2D eigenvalue weighted by Gasteiger charge is -2.30. The van der Waals surface area contributed by atoms with Gasteiger partial charge in [-0.05, 0) is 11.8 Å². The number of hydrogen-bond acceptors (Lipinski definition) is 0. The summed E-state index contributed by atoms with van der Waals surface area (Å²) in [5.74, 6) is 2.16. The van der Waals surface area contributed by atoms with Gasteiger partial charge in [0.1, 0.15) is 0 Å². The molecule has 1 aliphatic rings. The minimum Gasteiger partial charge on any atom is -0.0683 e. The average Bonchev–Trinajstić information content (AvgIpc) is 2.22. The Morgan fingerprint density at radius 2 is 1.46 bits per heavy atom. The monoisotopic (exact) mass is 184 g/mol. The summed E-state index contributed by atoms with van der Waals surface area (Å²) in [6, 6.07) is 0. The van der Waals surface area contributed by atoms with E-state index < -0.39 is 0 Å². The van der Waals surface area contributed by atoms with E-state index in [0.29, 0.717) is 0 Å². The zero-order chi connectivity index (χ0) is 10.1. The maximum atomic E-state index is 2.36. The molecule has 0 aromatic heterocycles. The molecule has 1 fully saturated rings. The highest BCUT2D eigenvalue weighted by molar-refractivity contribution is 4.73. The maximum absolute atomic E-state index is 2.36. The molecule has 0 amide bonds. The zero-order valence-electron chi connectivity index (χ0n) is 10.1. The fourth-order valence-corrected chi connectivity index (χ4v) is 2.57. The van der Waals surface area contributed by atoms with Crippen LogP contribution in [0.1, 0.15) is 72.6 Å². The summed E-state index contributed by atoms with van der Waals surface area (Å²) in [7, 11) is 0. The first-order valence-electron chi connectivity index (χ1n) is 6.38. The van der Waals surface area contributed by atoms with Crippen molar-refractivity contribution >= 4 is 0 Å². The summed E-state index contributed by atoms with van der Waals surface area (Å²) in [5, 5.41) is 0. The predicted molar refractivity (Wildman–Crippen MR) is 62.0 cm³/mol. The molecule has 1 rings (SSSR count). The largest absolute Gasteiger partial charge is 0.0683 e. The number of rotatable bonds is 3. The van der Waals surface area contributed by atoms with Crippen molar-refractivity contribution in [1.29, 1.82) is 0 Å². The Bertz CT molecular complexity index is 94.2. The first-order valence-corrected chi connectivity index (χ1v) is 6.38. The van der Waals surface area contributed by atoms with Crippen LogP contribution in [0.15, 0.2) is 0 Å². The van der Waals surface area contributed by atoms with Crippen molar-refractivity contribution in [1.82, 2.24) is 0 Å². The topological polar surface area (TPSA) is 0 Å². The van der Waals surface area contributed by atoms with E-state index >= 15 is 0 Å². The molecule has 13 heavy (non-hydrogen) atoms. The van der Waals surface area contributed by atoms with Gasteiger partial charge in [-0.3, -0.25) is 0 Å².